The number of benzene rings is 3. The molecule has 0 aromatic heterocycles. The van der Waals surface area contributed by atoms with Crippen LogP contribution in [0.5, 0.6) is 11.5 Å². The maximum atomic E-state index is 14.7. The molecule has 0 radical (unpaired) electrons. The highest BCUT2D eigenvalue weighted by Gasteiger charge is 2.24. The highest BCUT2D eigenvalue weighted by molar-refractivity contribution is 6.26. The molecule has 0 aliphatic carbocycles. The second kappa shape index (κ2) is 30.0. The molecule has 3 atom stereocenters. The average Bonchev–Trinajstić information content (AvgIpc) is 3.19. The van der Waals surface area contributed by atoms with Gasteiger partial charge in [0, 0.05) is 22.7 Å². The molecule has 0 saturated carbocycles. The van der Waals surface area contributed by atoms with Gasteiger partial charge in [0.15, 0.2) is 11.6 Å². The van der Waals surface area contributed by atoms with Crippen molar-refractivity contribution in [1.82, 2.24) is 5.32 Å². The van der Waals surface area contributed by atoms with Crippen LogP contribution in [0.4, 0.5) is 4.39 Å². The Kier molecular flexibility index (Phi) is 29.3. The zero-order valence-electron chi connectivity index (χ0n) is 37.7. The summed E-state index contributed by atoms with van der Waals surface area (Å²) in [5.41, 5.74) is 1.88. The van der Waals surface area contributed by atoms with E-state index >= 15 is 0 Å². The van der Waals surface area contributed by atoms with Crippen molar-refractivity contribution in [2.24, 2.45) is 17.8 Å². The number of carbonyl (C=O) groups excluding carboxylic acids is 2. The Hall–Kier alpha value is -3.31. The molecule has 0 amide bonds. The first-order valence-electron chi connectivity index (χ1n) is 21.2. The van der Waals surface area contributed by atoms with Gasteiger partial charge >= 0.3 is 0 Å². The van der Waals surface area contributed by atoms with Gasteiger partial charge in [-0.1, -0.05) is 139 Å². The summed E-state index contributed by atoms with van der Waals surface area (Å²) in [6, 6.07) is 13.8. The Morgan fingerprint density at radius 3 is 1.85 bits per heavy atom. The van der Waals surface area contributed by atoms with Crippen molar-refractivity contribution in [3.63, 3.8) is 0 Å². The molecule has 3 aromatic carbocycles. The van der Waals surface area contributed by atoms with E-state index in [2.05, 4.69) is 46.9 Å². The molecule has 306 valence electrons. The topological polar surface area (TPSA) is 55.4 Å². The second-order valence-corrected chi connectivity index (χ2v) is 13.7. The fourth-order valence-corrected chi connectivity index (χ4v) is 6.33. The monoisotopic (exact) mass is 750 g/mol. The minimum atomic E-state index is -0.550. The van der Waals surface area contributed by atoms with Crippen LogP contribution in [-0.4, -0.2) is 24.2 Å². The maximum absolute atomic E-state index is 14.7. The van der Waals surface area contributed by atoms with Crippen molar-refractivity contribution in [2.75, 3.05) is 6.54 Å². The van der Waals surface area contributed by atoms with Gasteiger partial charge in [-0.15, -0.1) is 0 Å². The number of rotatable bonds is 11. The van der Waals surface area contributed by atoms with E-state index in [1.807, 2.05) is 84.9 Å². The lowest BCUT2D eigenvalue weighted by Gasteiger charge is -2.31. The molecule has 5 heteroatoms. The fraction of sp³-hybridized carbons (Fsp3) is 0.592. The van der Waals surface area contributed by atoms with Crippen LogP contribution in [0.3, 0.4) is 0 Å². The average molecular weight is 750 g/mol. The van der Waals surface area contributed by atoms with Crippen LogP contribution in [-0.2, 0) is 4.79 Å². The number of nitrogens with one attached hydrogen (secondary N) is 1. The third-order valence-electron chi connectivity index (χ3n) is 10.1. The number of fused-ring (bicyclic) bond motifs is 1. The number of piperidine rings is 1. The number of ether oxygens (including phenoxy) is 1. The number of Topliss-reactive ketones (excluding diaryl/α,β-unsaturated/α-hetero) is 2. The first-order chi connectivity index (χ1) is 25.8. The molecule has 4 rings (SSSR count). The molecule has 3 unspecified atom stereocenters. The molecular weight excluding hydrogens is 670 g/mol. The zero-order chi connectivity index (χ0) is 42.0. The van der Waals surface area contributed by atoms with Gasteiger partial charge in [-0.25, -0.2) is 4.39 Å². The number of ketones is 2. The number of aryl methyl sites for hydroxylation is 1. The van der Waals surface area contributed by atoms with Crippen molar-refractivity contribution in [2.45, 2.75) is 169 Å². The number of hydrogen-bond acceptors (Lipinski definition) is 4. The summed E-state index contributed by atoms with van der Waals surface area (Å²) in [7, 11) is 0. The van der Waals surface area contributed by atoms with Crippen LogP contribution in [0, 0.1) is 44.3 Å². The third-order valence-corrected chi connectivity index (χ3v) is 10.1. The molecule has 54 heavy (non-hydrogen) atoms. The van der Waals surface area contributed by atoms with Gasteiger partial charge in [0.25, 0.3) is 0 Å². The summed E-state index contributed by atoms with van der Waals surface area (Å²) < 4.78 is 20.8. The van der Waals surface area contributed by atoms with E-state index in [4.69, 9.17) is 4.74 Å². The molecule has 4 nitrogen and oxygen atoms in total. The van der Waals surface area contributed by atoms with Crippen LogP contribution in [0.1, 0.15) is 169 Å². The summed E-state index contributed by atoms with van der Waals surface area (Å²) in [6.45, 7) is 35.3. The summed E-state index contributed by atoms with van der Waals surface area (Å²) in [4.78, 5) is 24.6. The molecular formula is C49H80FNO3. The van der Waals surface area contributed by atoms with Gasteiger partial charge in [-0.05, 0) is 113 Å². The predicted octanol–water partition coefficient (Wildman–Crippen LogP) is 15.1. The quantitative estimate of drug-likeness (QED) is 0.0918. The Morgan fingerprint density at radius 1 is 0.870 bits per heavy atom. The van der Waals surface area contributed by atoms with Crippen LogP contribution in [0.15, 0.2) is 54.1 Å². The van der Waals surface area contributed by atoms with Crippen molar-refractivity contribution >= 4 is 22.3 Å². The standard InChI is InChI=1S/C25H23FO3.C11H23N.C7H16.3C2H6/c1-6-20(17(5)27)24(28)21-13-22(26)16(4)25(15(21)3)29-23-12-19-10-8-7-9-18(19)11-14(23)2;1-4-9(2)8-11-10(3)6-5-7-12-11;1-4-7(5-2)6-3;3*1-2/h6-13H,1-5H3;9-12H,4-8H2,1-3H3;7H,4-6H2,1-3H3;3*1-2H3/b20-6-;;;;;. The van der Waals surface area contributed by atoms with E-state index in [0.717, 1.165) is 40.1 Å². The number of carbonyl (C=O) groups is 2. The van der Waals surface area contributed by atoms with E-state index in [1.54, 1.807) is 20.8 Å². The van der Waals surface area contributed by atoms with E-state index < -0.39 is 11.6 Å². The zero-order valence-corrected chi connectivity index (χ0v) is 37.7. The predicted molar refractivity (Wildman–Crippen MR) is 236 cm³/mol. The van der Waals surface area contributed by atoms with Gasteiger partial charge in [-0.2, -0.15) is 0 Å². The Balaban J connectivity index is 0. The second-order valence-electron chi connectivity index (χ2n) is 13.7. The summed E-state index contributed by atoms with van der Waals surface area (Å²) >= 11 is 0. The van der Waals surface area contributed by atoms with Crippen molar-refractivity contribution in [1.29, 1.82) is 0 Å². The van der Waals surface area contributed by atoms with Gasteiger partial charge in [0.1, 0.15) is 17.3 Å². The molecule has 1 saturated heterocycles. The summed E-state index contributed by atoms with van der Waals surface area (Å²) in [6.07, 6.45) is 11.0. The smallest absolute Gasteiger partial charge is 0.196 e. The lowest BCUT2D eigenvalue weighted by Crippen LogP contribution is -2.41. The van der Waals surface area contributed by atoms with Crippen LogP contribution in [0.25, 0.3) is 10.8 Å². The van der Waals surface area contributed by atoms with Gasteiger partial charge in [0.05, 0.1) is 5.57 Å². The normalized spacial score (nSPS) is 15.3. The van der Waals surface area contributed by atoms with E-state index in [9.17, 15) is 14.0 Å². The van der Waals surface area contributed by atoms with Gasteiger partial charge < -0.3 is 10.1 Å². The lowest BCUT2D eigenvalue weighted by atomic mass is 9.86. The van der Waals surface area contributed by atoms with E-state index in [0.29, 0.717) is 22.6 Å². The van der Waals surface area contributed by atoms with Gasteiger partial charge in [0.2, 0.25) is 0 Å². The molecule has 1 aliphatic heterocycles. The Bertz CT molecular complexity index is 1520. The lowest BCUT2D eigenvalue weighted by molar-refractivity contribution is -0.113. The third kappa shape index (κ3) is 17.0. The maximum Gasteiger partial charge on any atom is 0.196 e. The minimum absolute atomic E-state index is 0.0317. The number of hydrogen-bond donors (Lipinski definition) is 1. The first-order valence-corrected chi connectivity index (χ1v) is 21.2. The Morgan fingerprint density at radius 2 is 1.41 bits per heavy atom. The number of allylic oxidation sites excluding steroid dienone is 2. The Labute approximate surface area is 332 Å². The molecule has 0 bridgehead atoms. The fourth-order valence-electron chi connectivity index (χ4n) is 6.33. The van der Waals surface area contributed by atoms with Crippen molar-refractivity contribution in [3.05, 3.63) is 82.2 Å². The minimum Gasteiger partial charge on any atom is -0.456 e. The van der Waals surface area contributed by atoms with Crippen molar-refractivity contribution < 1.29 is 18.7 Å². The SMILES string of the molecule is C/C=C(/C(C)=O)C(=O)c1cc(F)c(C)c(Oc2cc3ccccc3cc2C)c1C.CC.CC.CC.CCC(C)CC1NCCCC1C.CCC(CC)CC. The summed E-state index contributed by atoms with van der Waals surface area (Å²) in [5.74, 6) is 2.26. The van der Waals surface area contributed by atoms with E-state index in [-0.39, 0.29) is 16.9 Å². The number of halogens is 1. The highest BCUT2D eigenvalue weighted by atomic mass is 19.1. The molecule has 3 aromatic rings. The molecule has 1 heterocycles. The molecule has 1 N–H and O–H groups in total. The van der Waals surface area contributed by atoms with Crippen molar-refractivity contribution in [3.8, 4) is 11.5 Å². The first kappa shape index (κ1) is 52.8. The van der Waals surface area contributed by atoms with Crippen LogP contribution >= 0.6 is 0 Å². The highest BCUT2D eigenvalue weighted by Crippen LogP contribution is 2.36. The summed E-state index contributed by atoms with van der Waals surface area (Å²) in [5, 5.41) is 5.72. The van der Waals surface area contributed by atoms with Gasteiger partial charge in [-0.3, -0.25) is 9.59 Å². The largest absolute Gasteiger partial charge is 0.456 e. The molecule has 1 fully saturated rings. The molecule has 0 spiro atoms. The van der Waals surface area contributed by atoms with Crippen LogP contribution < -0.4 is 10.1 Å². The van der Waals surface area contributed by atoms with E-state index in [1.165, 1.54) is 70.6 Å². The molecule has 1 aliphatic rings. The van der Waals surface area contributed by atoms with Crippen LogP contribution in [0.2, 0.25) is 0 Å².